The predicted octanol–water partition coefficient (Wildman–Crippen LogP) is -1.85. The minimum Gasteiger partial charge on any atom is -1.00 e. The molecule has 0 aliphatic carbocycles. The van der Waals surface area contributed by atoms with E-state index in [1.807, 2.05) is 0 Å². The van der Waals surface area contributed by atoms with Gasteiger partial charge in [-0.15, -0.1) is 0 Å². The summed E-state index contributed by atoms with van der Waals surface area (Å²) < 4.78 is 82.2. The molecule has 0 unspecified atom stereocenters. The first-order valence-electron chi connectivity index (χ1n) is 1.91. The Labute approximate surface area is 124 Å². The maximum atomic E-state index is 11.5. The summed E-state index contributed by atoms with van der Waals surface area (Å²) in [5.74, 6) is 0. The van der Waals surface area contributed by atoms with Gasteiger partial charge in [0.1, 0.15) is 0 Å². The maximum absolute atomic E-state index is 11.5. The molecule has 0 rings (SSSR count). The first-order valence-corrected chi connectivity index (χ1v) is 3.36. The van der Waals surface area contributed by atoms with Crippen molar-refractivity contribution in [3.63, 3.8) is 0 Å². The van der Waals surface area contributed by atoms with Gasteiger partial charge in [-0.25, -0.2) is 0 Å². The summed E-state index contributed by atoms with van der Waals surface area (Å²) in [7, 11) is -6.42. The molecule has 10 heteroatoms. The van der Waals surface area contributed by atoms with E-state index >= 15 is 0 Å². The fourth-order valence-electron chi connectivity index (χ4n) is 0.146. The molecule has 0 heterocycles. The van der Waals surface area contributed by atoms with Crippen LogP contribution in [-0.2, 0) is 10.1 Å². The molecule has 0 saturated carbocycles. The number of hydrogen-bond acceptors (Lipinski definition) is 2. The second-order valence-electron chi connectivity index (χ2n) is 1.49. The molecule has 0 amide bonds. The van der Waals surface area contributed by atoms with E-state index in [1.165, 1.54) is 0 Å². The Morgan fingerprint density at radius 1 is 1.08 bits per heavy atom. The first-order chi connectivity index (χ1) is 4.50. The van der Waals surface area contributed by atoms with Gasteiger partial charge in [0, 0.05) is 0 Å². The van der Waals surface area contributed by atoms with E-state index in [2.05, 4.69) is 0 Å². The van der Waals surface area contributed by atoms with Gasteiger partial charge in [0.2, 0.25) is 0 Å². The summed E-state index contributed by atoms with van der Waals surface area (Å²) in [6, 6.07) is 0. The Morgan fingerprint density at radius 2 is 1.33 bits per heavy atom. The van der Waals surface area contributed by atoms with Crippen LogP contribution in [0.25, 0.3) is 0 Å². The quantitative estimate of drug-likeness (QED) is 0.452. The van der Waals surface area contributed by atoms with Crippen LogP contribution in [0.1, 0.15) is 1.43 Å². The van der Waals surface area contributed by atoms with Crippen LogP contribution in [0, 0.1) is 0 Å². The first kappa shape index (κ1) is 16.1. The van der Waals surface area contributed by atoms with Crippen molar-refractivity contribution >= 4 is 10.1 Å². The summed E-state index contributed by atoms with van der Waals surface area (Å²) >= 11 is 0. The average Bonchev–Trinajstić information content (AvgIpc) is 1.58. The molecule has 0 aromatic rings. The molecule has 0 spiro atoms. The van der Waals surface area contributed by atoms with Crippen molar-refractivity contribution < 1.29 is 105 Å². The summed E-state index contributed by atoms with van der Waals surface area (Å²) in [5.41, 5.74) is 0. The maximum Gasteiger partial charge on any atom is 1.00 e. The molecule has 0 atom stereocenters. The molecular formula is C2H2CsF5O3S. The zero-order valence-corrected chi connectivity index (χ0v) is 12.7. The molecular weight excluding hydrogens is 332 g/mol. The zero-order valence-electron chi connectivity index (χ0n) is 6.56. The van der Waals surface area contributed by atoms with Crippen molar-refractivity contribution in [2.75, 3.05) is 0 Å². The van der Waals surface area contributed by atoms with Crippen molar-refractivity contribution in [2.45, 2.75) is 11.4 Å². The molecule has 0 aromatic heterocycles. The Kier molecular flexibility index (Phi) is 5.92. The summed E-state index contributed by atoms with van der Waals surface area (Å²) in [4.78, 5) is 0. The minimum atomic E-state index is -6.42. The van der Waals surface area contributed by atoms with Crippen LogP contribution in [0.3, 0.4) is 0 Å². The van der Waals surface area contributed by atoms with Crippen molar-refractivity contribution in [2.24, 2.45) is 0 Å². The molecule has 3 nitrogen and oxygen atoms in total. The number of hydrogen-bond donors (Lipinski definition) is 1. The third-order valence-corrected chi connectivity index (χ3v) is 1.53. The normalized spacial score (nSPS) is 13.8. The van der Waals surface area contributed by atoms with Gasteiger partial charge in [-0.05, 0) is 0 Å². The van der Waals surface area contributed by atoms with Gasteiger partial charge < -0.3 is 1.43 Å². The van der Waals surface area contributed by atoms with E-state index in [-0.39, 0.29) is 70.3 Å². The second-order valence-corrected chi connectivity index (χ2v) is 2.95. The summed E-state index contributed by atoms with van der Waals surface area (Å²) in [5, 5.41) is -6.10. The average molecular weight is 334 g/mol. The molecule has 70 valence electrons. The number of halogens is 5. The fourth-order valence-corrected chi connectivity index (χ4v) is 0.439. The van der Waals surface area contributed by atoms with Gasteiger partial charge in [0.05, 0.1) is 0 Å². The third-order valence-electron chi connectivity index (χ3n) is 0.654. The van der Waals surface area contributed by atoms with Gasteiger partial charge >= 0.3 is 90.4 Å². The largest absolute Gasteiger partial charge is 1.00 e. The Balaban J connectivity index is -0.000000500. The molecule has 0 aliphatic heterocycles. The van der Waals surface area contributed by atoms with E-state index < -0.39 is 21.5 Å². The van der Waals surface area contributed by atoms with E-state index in [0.29, 0.717) is 0 Å². The molecule has 0 aromatic carbocycles. The van der Waals surface area contributed by atoms with Crippen LogP contribution in [0.2, 0.25) is 0 Å². The Morgan fingerprint density at radius 3 is 1.33 bits per heavy atom. The van der Waals surface area contributed by atoms with Gasteiger partial charge in [0.25, 0.3) is 0 Å². The smallest absolute Gasteiger partial charge is 1.00 e. The van der Waals surface area contributed by atoms with Crippen molar-refractivity contribution in [1.29, 1.82) is 0 Å². The van der Waals surface area contributed by atoms with Crippen molar-refractivity contribution in [3.8, 4) is 0 Å². The van der Waals surface area contributed by atoms with Crippen LogP contribution in [0.15, 0.2) is 0 Å². The number of alkyl halides is 5. The fraction of sp³-hybridized carbons (Fsp3) is 1.00. The van der Waals surface area contributed by atoms with Gasteiger partial charge in [0.15, 0.2) is 0 Å². The third kappa shape index (κ3) is 3.40. The Hall–Kier alpha value is 1.61. The second kappa shape index (κ2) is 4.42. The monoisotopic (exact) mass is 334 g/mol. The van der Waals surface area contributed by atoms with E-state index in [4.69, 9.17) is 4.55 Å². The zero-order chi connectivity index (χ0) is 9.50. The van der Waals surface area contributed by atoms with Crippen LogP contribution in [0.5, 0.6) is 0 Å². The summed E-state index contributed by atoms with van der Waals surface area (Å²) in [6.07, 6.45) is -6.29. The standard InChI is InChI=1S/C2HF5O3S.Cs.H/c3-1(4,5)2(6,7)11(8,9)10;;/h(H,8,9,10);;/q;+1;-1. The van der Waals surface area contributed by atoms with Crippen molar-refractivity contribution in [1.82, 2.24) is 0 Å². The van der Waals surface area contributed by atoms with Crippen LogP contribution >= 0.6 is 0 Å². The molecule has 12 heavy (non-hydrogen) atoms. The van der Waals surface area contributed by atoms with Gasteiger partial charge in [-0.2, -0.15) is 30.4 Å². The molecule has 0 fully saturated rings. The van der Waals surface area contributed by atoms with E-state index in [9.17, 15) is 30.4 Å². The molecule has 0 saturated heterocycles. The number of rotatable bonds is 1. The van der Waals surface area contributed by atoms with Gasteiger partial charge in [-0.1, -0.05) is 0 Å². The topological polar surface area (TPSA) is 54.4 Å². The SMILES string of the molecule is O=S(=O)(O)C(F)(F)C(F)(F)F.[Cs+].[H-]. The van der Waals surface area contributed by atoms with Crippen LogP contribution < -0.4 is 68.9 Å². The van der Waals surface area contributed by atoms with Crippen LogP contribution in [0.4, 0.5) is 22.0 Å². The minimum absolute atomic E-state index is 0. The van der Waals surface area contributed by atoms with Gasteiger partial charge in [-0.3, -0.25) is 4.55 Å². The molecule has 0 radical (unpaired) electrons. The molecule has 0 bridgehead atoms. The van der Waals surface area contributed by atoms with E-state index in [0.717, 1.165) is 0 Å². The van der Waals surface area contributed by atoms with Crippen LogP contribution in [-0.4, -0.2) is 24.4 Å². The predicted molar refractivity (Wildman–Crippen MR) is 23.7 cm³/mol. The van der Waals surface area contributed by atoms with Crippen molar-refractivity contribution in [3.05, 3.63) is 0 Å². The molecule has 1 N–H and O–H groups in total. The Bertz CT molecular complexity index is 247. The van der Waals surface area contributed by atoms with E-state index in [1.54, 1.807) is 0 Å². The summed E-state index contributed by atoms with van der Waals surface area (Å²) in [6.45, 7) is 0. The molecule has 0 aliphatic rings.